The highest BCUT2D eigenvalue weighted by molar-refractivity contribution is 8.00. The molecule has 4 N–H and O–H groups in total. The smallest absolute Gasteiger partial charge is 0.272 e. The maximum Gasteiger partial charge on any atom is 0.272 e. The van der Waals surface area contributed by atoms with Crippen molar-refractivity contribution in [3.05, 3.63) is 119 Å². The lowest BCUT2D eigenvalue weighted by atomic mass is 10.1. The Morgan fingerprint density at radius 2 is 1.69 bits per heavy atom. The molecule has 0 heterocycles. The number of anilines is 2. The lowest BCUT2D eigenvalue weighted by Crippen LogP contribution is -2.30. The average molecular weight is 606 g/mol. The Morgan fingerprint density at radius 1 is 0.929 bits per heavy atom. The van der Waals surface area contributed by atoms with Crippen LogP contribution in [0.3, 0.4) is 0 Å². The number of benzene rings is 4. The van der Waals surface area contributed by atoms with Crippen molar-refractivity contribution in [2.45, 2.75) is 4.90 Å². The van der Waals surface area contributed by atoms with Gasteiger partial charge in [-0.05, 0) is 66.7 Å². The van der Waals surface area contributed by atoms with Gasteiger partial charge in [-0.1, -0.05) is 35.9 Å². The van der Waals surface area contributed by atoms with Gasteiger partial charge in [-0.25, -0.2) is 4.39 Å². The van der Waals surface area contributed by atoms with Gasteiger partial charge in [0, 0.05) is 33.5 Å². The molecule has 4 rings (SSSR count). The molecule has 0 saturated heterocycles. The van der Waals surface area contributed by atoms with E-state index in [1.165, 1.54) is 55.3 Å². The number of amides is 3. The number of ether oxygens (including phenoxy) is 1. The van der Waals surface area contributed by atoms with Crippen molar-refractivity contribution >= 4 is 58.5 Å². The zero-order valence-electron chi connectivity index (χ0n) is 22.2. The molecule has 0 aliphatic rings. The minimum Gasteiger partial charge on any atom is -0.508 e. The molecule has 4 aromatic carbocycles. The summed E-state index contributed by atoms with van der Waals surface area (Å²) in [5, 5.41) is 17.8. The normalized spacial score (nSPS) is 11.0. The molecule has 0 aliphatic carbocycles. The van der Waals surface area contributed by atoms with Crippen molar-refractivity contribution in [3.8, 4) is 11.5 Å². The van der Waals surface area contributed by atoms with Crippen LogP contribution in [-0.4, -0.2) is 35.7 Å². The van der Waals surface area contributed by atoms with Gasteiger partial charge in [0.2, 0.25) is 5.91 Å². The summed E-state index contributed by atoms with van der Waals surface area (Å²) in [5.41, 5.74) is 1.53. The van der Waals surface area contributed by atoms with E-state index < -0.39 is 17.6 Å². The molecule has 42 heavy (non-hydrogen) atoms. The van der Waals surface area contributed by atoms with Gasteiger partial charge in [0.05, 0.1) is 17.9 Å². The number of carbonyl (C=O) groups excluding carboxylic acids is 3. The second kappa shape index (κ2) is 14.2. The lowest BCUT2D eigenvalue weighted by molar-refractivity contribution is -0.114. The minimum atomic E-state index is -0.609. The van der Waals surface area contributed by atoms with Crippen LogP contribution < -0.4 is 20.7 Å². The molecule has 0 fully saturated rings. The van der Waals surface area contributed by atoms with E-state index in [0.717, 1.165) is 0 Å². The number of hydrogen-bond donors (Lipinski definition) is 4. The van der Waals surface area contributed by atoms with Gasteiger partial charge in [0.1, 0.15) is 23.0 Å². The van der Waals surface area contributed by atoms with E-state index in [2.05, 4.69) is 16.0 Å². The first-order chi connectivity index (χ1) is 20.2. The number of thioether (sulfide) groups is 1. The standard InChI is InChI=1S/C31H25ClFN3O5S/c1-41-28-17-23(37)12-10-20(28)14-27(36-30(39)19-6-3-2-4-7-19)31(40)35-21-8-5-9-24(15-21)42-18-29(38)34-22-11-13-26(33)25(32)16-22/h2-17,37H,18H2,1H3,(H,34,38)(H,35,40)(H,36,39)/b27-14+. The first-order valence-electron chi connectivity index (χ1n) is 12.5. The summed E-state index contributed by atoms with van der Waals surface area (Å²) in [6.07, 6.45) is 1.44. The number of nitrogens with one attached hydrogen (secondary N) is 3. The highest BCUT2D eigenvalue weighted by atomic mass is 35.5. The largest absolute Gasteiger partial charge is 0.508 e. The molecule has 0 bridgehead atoms. The summed E-state index contributed by atoms with van der Waals surface area (Å²) in [5.74, 6) is -1.68. The van der Waals surface area contributed by atoms with E-state index >= 15 is 0 Å². The third kappa shape index (κ3) is 8.35. The quantitative estimate of drug-likeness (QED) is 0.124. The molecule has 8 nitrogen and oxygen atoms in total. The molecule has 11 heteroatoms. The predicted molar refractivity (Wildman–Crippen MR) is 162 cm³/mol. The van der Waals surface area contributed by atoms with Gasteiger partial charge in [-0.15, -0.1) is 11.8 Å². The van der Waals surface area contributed by atoms with Gasteiger partial charge in [0.15, 0.2) is 0 Å². The summed E-state index contributed by atoms with van der Waals surface area (Å²) in [6, 6.07) is 23.5. The lowest BCUT2D eigenvalue weighted by Gasteiger charge is -2.13. The van der Waals surface area contributed by atoms with Gasteiger partial charge in [0.25, 0.3) is 11.8 Å². The second-order valence-electron chi connectivity index (χ2n) is 8.75. The van der Waals surface area contributed by atoms with Crippen LogP contribution in [0.5, 0.6) is 11.5 Å². The summed E-state index contributed by atoms with van der Waals surface area (Å²) in [4.78, 5) is 39.4. The first-order valence-corrected chi connectivity index (χ1v) is 13.8. The summed E-state index contributed by atoms with van der Waals surface area (Å²) < 4.78 is 18.7. The fourth-order valence-corrected chi connectivity index (χ4v) is 4.63. The third-order valence-electron chi connectivity index (χ3n) is 5.71. The van der Waals surface area contributed by atoms with Crippen LogP contribution in [0, 0.1) is 5.82 Å². The maximum atomic E-state index is 13.4. The van der Waals surface area contributed by atoms with Crippen LogP contribution in [0.2, 0.25) is 5.02 Å². The van der Waals surface area contributed by atoms with Crippen LogP contribution >= 0.6 is 23.4 Å². The third-order valence-corrected chi connectivity index (χ3v) is 6.99. The van der Waals surface area contributed by atoms with Crippen molar-refractivity contribution in [2.24, 2.45) is 0 Å². The van der Waals surface area contributed by atoms with Gasteiger partial charge in [-0.2, -0.15) is 0 Å². The van der Waals surface area contributed by atoms with Crippen molar-refractivity contribution in [1.29, 1.82) is 0 Å². The Morgan fingerprint density at radius 3 is 2.43 bits per heavy atom. The maximum absolute atomic E-state index is 13.4. The Balaban J connectivity index is 1.48. The van der Waals surface area contributed by atoms with E-state index in [1.54, 1.807) is 60.7 Å². The number of hydrogen-bond acceptors (Lipinski definition) is 6. The zero-order valence-corrected chi connectivity index (χ0v) is 23.8. The van der Waals surface area contributed by atoms with Crippen molar-refractivity contribution < 1.29 is 28.6 Å². The molecule has 214 valence electrons. The Kier molecular flexibility index (Phi) is 10.2. The number of aromatic hydroxyl groups is 1. The number of carbonyl (C=O) groups is 3. The predicted octanol–water partition coefficient (Wildman–Crippen LogP) is 6.33. The molecule has 4 aromatic rings. The highest BCUT2D eigenvalue weighted by Gasteiger charge is 2.17. The molecule has 0 spiro atoms. The molecule has 0 unspecified atom stereocenters. The van der Waals surface area contributed by atoms with Gasteiger partial charge < -0.3 is 25.8 Å². The Labute approximate surface area is 250 Å². The summed E-state index contributed by atoms with van der Waals surface area (Å²) in [6.45, 7) is 0. The molecule has 0 aromatic heterocycles. The Hall–Kier alpha value is -4.80. The summed E-state index contributed by atoms with van der Waals surface area (Å²) >= 11 is 6.99. The van der Waals surface area contributed by atoms with Crippen molar-refractivity contribution in [1.82, 2.24) is 5.32 Å². The van der Waals surface area contributed by atoms with E-state index in [-0.39, 0.29) is 28.1 Å². The molecule has 0 saturated carbocycles. The van der Waals surface area contributed by atoms with Crippen molar-refractivity contribution in [3.63, 3.8) is 0 Å². The SMILES string of the molecule is COc1cc(O)ccc1/C=C(/NC(=O)c1ccccc1)C(=O)Nc1cccc(SCC(=O)Nc2ccc(F)c(Cl)c2)c1. The molecule has 0 aliphatic heterocycles. The highest BCUT2D eigenvalue weighted by Crippen LogP contribution is 2.27. The second-order valence-corrected chi connectivity index (χ2v) is 10.2. The van der Waals surface area contributed by atoms with E-state index in [1.807, 2.05) is 0 Å². The molecule has 0 atom stereocenters. The topological polar surface area (TPSA) is 117 Å². The number of phenols is 1. The fraction of sp³-hybridized carbons (Fsp3) is 0.0645. The van der Waals surface area contributed by atoms with Crippen LogP contribution in [0.25, 0.3) is 6.08 Å². The first kappa shape index (κ1) is 30.2. The summed E-state index contributed by atoms with van der Waals surface area (Å²) in [7, 11) is 1.42. The Bertz CT molecular complexity index is 1650. The van der Waals surface area contributed by atoms with Crippen LogP contribution in [0.4, 0.5) is 15.8 Å². The number of phenolic OH excluding ortho intramolecular Hbond substituents is 1. The number of methoxy groups -OCH3 is 1. The van der Waals surface area contributed by atoms with Gasteiger partial charge >= 0.3 is 0 Å². The molecule has 3 amide bonds. The van der Waals surface area contributed by atoms with Crippen molar-refractivity contribution in [2.75, 3.05) is 23.5 Å². The van der Waals surface area contributed by atoms with E-state index in [9.17, 15) is 23.9 Å². The zero-order chi connectivity index (χ0) is 30.1. The monoisotopic (exact) mass is 605 g/mol. The van der Waals surface area contributed by atoms with Crippen LogP contribution in [0.15, 0.2) is 102 Å². The number of halogens is 2. The van der Waals surface area contributed by atoms with E-state index in [0.29, 0.717) is 33.1 Å². The fourth-order valence-electron chi connectivity index (χ4n) is 3.70. The molecular weight excluding hydrogens is 581 g/mol. The molecular formula is C31H25ClFN3O5S. The van der Waals surface area contributed by atoms with E-state index in [4.69, 9.17) is 16.3 Å². The van der Waals surface area contributed by atoms with Crippen LogP contribution in [-0.2, 0) is 9.59 Å². The minimum absolute atomic E-state index is 0.0206. The van der Waals surface area contributed by atoms with Crippen LogP contribution in [0.1, 0.15) is 15.9 Å². The number of rotatable bonds is 10. The van der Waals surface area contributed by atoms with Gasteiger partial charge in [-0.3, -0.25) is 14.4 Å². The molecule has 0 radical (unpaired) electrons. The average Bonchev–Trinajstić information content (AvgIpc) is 2.99.